The van der Waals surface area contributed by atoms with Gasteiger partial charge in [0.25, 0.3) is 0 Å². The molecule has 1 aromatic rings. The number of nitrogens with one attached hydrogen (secondary N) is 1. The van der Waals surface area contributed by atoms with Gasteiger partial charge in [0.1, 0.15) is 6.23 Å². The van der Waals surface area contributed by atoms with Crippen molar-refractivity contribution in [2.75, 3.05) is 26.4 Å². The number of allylic oxidation sites excluding steroid dienone is 1. The van der Waals surface area contributed by atoms with E-state index < -0.39 is 24.1 Å². The maximum atomic E-state index is 13.4. The molecule has 8 heteroatoms. The lowest BCUT2D eigenvalue weighted by Crippen LogP contribution is -2.36. The lowest BCUT2D eigenvalue weighted by atomic mass is 9.80. The van der Waals surface area contributed by atoms with Crippen LogP contribution in [0.5, 0.6) is 0 Å². The van der Waals surface area contributed by atoms with Crippen molar-refractivity contribution in [1.29, 1.82) is 0 Å². The van der Waals surface area contributed by atoms with E-state index >= 15 is 0 Å². The van der Waals surface area contributed by atoms with Gasteiger partial charge in [-0.1, -0.05) is 102 Å². The van der Waals surface area contributed by atoms with Gasteiger partial charge in [0.2, 0.25) is 0 Å². The molecule has 1 aliphatic rings. The number of esters is 2. The molecule has 0 aromatic heterocycles. The van der Waals surface area contributed by atoms with Crippen LogP contribution < -0.4 is 11.1 Å². The molecule has 3 unspecified atom stereocenters. The molecule has 46 heavy (non-hydrogen) atoms. The largest absolute Gasteiger partial charge is 0.463 e. The van der Waals surface area contributed by atoms with Crippen molar-refractivity contribution >= 4 is 11.9 Å². The Morgan fingerprint density at radius 2 is 1.30 bits per heavy atom. The Bertz CT molecular complexity index is 1090. The van der Waals surface area contributed by atoms with Crippen LogP contribution in [0.15, 0.2) is 46.8 Å². The summed E-state index contributed by atoms with van der Waals surface area (Å²) in [6, 6.07) is 8.13. The van der Waals surface area contributed by atoms with Crippen LogP contribution in [0.1, 0.15) is 136 Å². The smallest absolute Gasteiger partial charge is 0.336 e. The monoisotopic (exact) mass is 642 g/mol. The maximum absolute atomic E-state index is 13.4. The molecule has 3 atom stereocenters. The van der Waals surface area contributed by atoms with Crippen LogP contribution in [0.3, 0.4) is 0 Å². The van der Waals surface area contributed by atoms with E-state index in [1.165, 1.54) is 70.6 Å². The number of ether oxygens (including phenoxy) is 4. The van der Waals surface area contributed by atoms with E-state index in [0.29, 0.717) is 29.1 Å². The molecule has 0 spiro atoms. The second-order valence-corrected chi connectivity index (χ2v) is 12.3. The third kappa shape index (κ3) is 13.6. The van der Waals surface area contributed by atoms with Crippen LogP contribution in [0.4, 0.5) is 0 Å². The minimum absolute atomic E-state index is 0.0723. The molecule has 1 heterocycles. The summed E-state index contributed by atoms with van der Waals surface area (Å²) in [6.07, 6.45) is 16.1. The fourth-order valence-corrected chi connectivity index (χ4v) is 6.11. The Morgan fingerprint density at radius 3 is 1.83 bits per heavy atom. The van der Waals surface area contributed by atoms with E-state index in [2.05, 4.69) is 31.3 Å². The van der Waals surface area contributed by atoms with Crippen LogP contribution in [0.2, 0.25) is 0 Å². The summed E-state index contributed by atoms with van der Waals surface area (Å²) < 4.78 is 22.7. The number of benzene rings is 1. The van der Waals surface area contributed by atoms with E-state index in [1.807, 2.05) is 19.1 Å². The highest BCUT2D eigenvalue weighted by molar-refractivity contribution is 6.00. The van der Waals surface area contributed by atoms with Crippen LogP contribution in [0.25, 0.3) is 0 Å². The van der Waals surface area contributed by atoms with Crippen molar-refractivity contribution in [3.8, 4) is 0 Å². The highest BCUT2D eigenvalue weighted by Crippen LogP contribution is 2.39. The molecule has 0 fully saturated rings. The van der Waals surface area contributed by atoms with E-state index in [9.17, 15) is 9.59 Å². The van der Waals surface area contributed by atoms with E-state index in [-0.39, 0.29) is 25.9 Å². The molecule has 0 aliphatic carbocycles. The summed E-state index contributed by atoms with van der Waals surface area (Å²) in [5.74, 6) is -1.66. The summed E-state index contributed by atoms with van der Waals surface area (Å²) in [7, 11) is 0. The number of hydrogen-bond acceptors (Lipinski definition) is 8. The van der Waals surface area contributed by atoms with Gasteiger partial charge in [-0.05, 0) is 58.6 Å². The first-order valence-corrected chi connectivity index (χ1v) is 17.9. The summed E-state index contributed by atoms with van der Waals surface area (Å²) in [4.78, 5) is 26.7. The van der Waals surface area contributed by atoms with Gasteiger partial charge in [-0.15, -0.1) is 0 Å². The van der Waals surface area contributed by atoms with Crippen LogP contribution in [0, 0.1) is 0 Å². The van der Waals surface area contributed by atoms with Gasteiger partial charge in [0.15, 0.2) is 0 Å². The second kappa shape index (κ2) is 22.8. The fraction of sp³-hybridized carbons (Fsp3) is 0.684. The topological polar surface area (TPSA) is 109 Å². The number of carbonyl (C=O) groups excluding carboxylic acids is 2. The average molecular weight is 643 g/mol. The molecular formula is C38H62N2O6. The molecule has 0 bridgehead atoms. The summed E-state index contributed by atoms with van der Waals surface area (Å²) in [5.41, 5.74) is 9.65. The zero-order chi connectivity index (χ0) is 33.7. The Hall–Kier alpha value is -2.68. The predicted octanol–water partition coefficient (Wildman–Crippen LogP) is 8.00. The lowest BCUT2D eigenvalue weighted by Gasteiger charge is -2.32. The fourth-order valence-electron chi connectivity index (χ4n) is 6.11. The quantitative estimate of drug-likeness (QED) is 0.0663. The van der Waals surface area contributed by atoms with Crippen molar-refractivity contribution in [2.45, 2.75) is 143 Å². The summed E-state index contributed by atoms with van der Waals surface area (Å²) in [5, 5.41) is 3.21. The number of dihydropyridines is 1. The van der Waals surface area contributed by atoms with E-state index in [1.54, 1.807) is 20.8 Å². The zero-order valence-corrected chi connectivity index (χ0v) is 29.6. The number of carbonyl (C=O) groups is 2. The zero-order valence-electron chi connectivity index (χ0n) is 29.6. The predicted molar refractivity (Wildman–Crippen MR) is 185 cm³/mol. The van der Waals surface area contributed by atoms with Crippen molar-refractivity contribution < 1.29 is 28.5 Å². The minimum atomic E-state index is -0.681. The molecule has 8 nitrogen and oxygen atoms in total. The van der Waals surface area contributed by atoms with Crippen molar-refractivity contribution in [3.63, 3.8) is 0 Å². The van der Waals surface area contributed by atoms with E-state index in [0.717, 1.165) is 24.0 Å². The molecule has 0 saturated heterocycles. The van der Waals surface area contributed by atoms with Crippen molar-refractivity contribution in [1.82, 2.24) is 5.32 Å². The molecular weight excluding hydrogens is 580 g/mol. The minimum Gasteiger partial charge on any atom is -0.463 e. The third-order valence-electron chi connectivity index (χ3n) is 8.43. The molecule has 0 amide bonds. The molecule has 3 N–H and O–H groups in total. The molecule has 2 rings (SSSR count). The van der Waals surface area contributed by atoms with Gasteiger partial charge in [-0.2, -0.15) is 0 Å². The highest BCUT2D eigenvalue weighted by Gasteiger charge is 2.39. The standard InChI is InChI=1S/C38H62N2O6/c1-7-11-12-13-14-15-16-17-18-19-20-21-32(43-8-2)26-30-22-24-31(25-23-30)35-34(37(41)44-9-3)28(5)40-33(27-46-29(6)39)36(35)38(42)45-10-4/h22-25,29,32,35,40H,7-21,26-27,39H2,1-6H3. The Balaban J connectivity index is 2.15. The van der Waals surface area contributed by atoms with Gasteiger partial charge in [0, 0.05) is 12.3 Å². The molecule has 0 saturated carbocycles. The van der Waals surface area contributed by atoms with Gasteiger partial charge in [-0.3, -0.25) is 0 Å². The summed E-state index contributed by atoms with van der Waals surface area (Å²) >= 11 is 0. The highest BCUT2D eigenvalue weighted by atomic mass is 16.5. The van der Waals surface area contributed by atoms with Crippen molar-refractivity contribution in [3.05, 3.63) is 57.9 Å². The SMILES string of the molecule is CCCCCCCCCCCCCC(Cc1ccc(C2C(C(=O)OCC)=C(C)NC(COC(C)N)=C2C(=O)OCC)cc1)OCC. The normalized spacial score (nSPS) is 16.3. The Morgan fingerprint density at radius 1 is 0.761 bits per heavy atom. The van der Waals surface area contributed by atoms with E-state index in [4.69, 9.17) is 24.7 Å². The number of unbranched alkanes of at least 4 members (excludes halogenated alkanes) is 10. The average Bonchev–Trinajstić information content (AvgIpc) is 3.02. The van der Waals surface area contributed by atoms with Crippen LogP contribution in [-0.2, 0) is 35.0 Å². The van der Waals surface area contributed by atoms with Gasteiger partial charge >= 0.3 is 11.9 Å². The van der Waals surface area contributed by atoms with Crippen molar-refractivity contribution in [2.24, 2.45) is 5.73 Å². The number of nitrogens with two attached hydrogens (primary N) is 1. The molecule has 260 valence electrons. The van der Waals surface area contributed by atoms with Crippen LogP contribution >= 0.6 is 0 Å². The summed E-state index contributed by atoms with van der Waals surface area (Å²) in [6.45, 7) is 12.6. The van der Waals surface area contributed by atoms with Gasteiger partial charge in [-0.25, -0.2) is 9.59 Å². The Kier molecular flexibility index (Phi) is 19.6. The van der Waals surface area contributed by atoms with Crippen LogP contribution in [-0.4, -0.2) is 50.7 Å². The second-order valence-electron chi connectivity index (χ2n) is 12.3. The molecule has 1 aromatic carbocycles. The van der Waals surface area contributed by atoms with Gasteiger partial charge in [0.05, 0.1) is 48.7 Å². The van der Waals surface area contributed by atoms with Gasteiger partial charge < -0.3 is 30.0 Å². The number of rotatable bonds is 24. The maximum Gasteiger partial charge on any atom is 0.336 e. The molecule has 1 aliphatic heterocycles. The molecule has 0 radical (unpaired) electrons. The first-order valence-electron chi connectivity index (χ1n) is 17.9. The number of hydrogen-bond donors (Lipinski definition) is 2. The first-order chi connectivity index (χ1) is 22.3. The third-order valence-corrected chi connectivity index (χ3v) is 8.43. The Labute approximate surface area is 278 Å². The first kappa shape index (κ1) is 39.5. The lowest BCUT2D eigenvalue weighted by molar-refractivity contribution is -0.139.